The van der Waals surface area contributed by atoms with Gasteiger partial charge in [0.25, 0.3) is 5.91 Å². The lowest BCUT2D eigenvalue weighted by Gasteiger charge is -2.37. The third-order valence-corrected chi connectivity index (χ3v) is 9.15. The van der Waals surface area contributed by atoms with Gasteiger partial charge in [-0.1, -0.05) is 24.8 Å². The Morgan fingerprint density at radius 1 is 1.31 bits per heavy atom. The molecule has 0 unspecified atom stereocenters. The first kappa shape index (κ1) is 29.0. The highest BCUT2D eigenvalue weighted by molar-refractivity contribution is 7.89. The van der Waals surface area contributed by atoms with Crippen LogP contribution in [-0.4, -0.2) is 83.2 Å². The zero-order valence-electron chi connectivity index (χ0n) is 22.3. The first-order valence-corrected chi connectivity index (χ1v) is 14.4. The smallest absolute Gasteiger partial charge is 0.259 e. The molecule has 2 aliphatic rings. The number of aliphatic hydroxyl groups excluding tert-OH is 1. The highest BCUT2D eigenvalue weighted by Crippen LogP contribution is 2.30. The standard InChI is InChI=1S/C28H34FN3O6S/c1-19-16-32(20(2)18-33)27(34)24-13-21(9-12-28(35)10-4-5-11-28)15-30-26(24)38-25(19)17-31(3)39(36,37)23-8-6-7-22(29)14-23/h6-8,13-15,19-20,25,33,35H,4-5,10-11,16-18H2,1-3H3/t19-,20+,25-/m0/s1. The number of likely N-dealkylation sites (N-methyl/N-ethyl adjacent to an activating group) is 1. The zero-order chi connectivity index (χ0) is 28.4. The third kappa shape index (κ3) is 6.41. The number of nitrogens with zero attached hydrogens (tertiary/aromatic N) is 3. The van der Waals surface area contributed by atoms with Crippen LogP contribution < -0.4 is 4.74 Å². The molecule has 1 aliphatic carbocycles. The Balaban J connectivity index is 1.67. The number of benzene rings is 1. The molecular weight excluding hydrogens is 525 g/mol. The number of aliphatic hydroxyl groups is 2. The Morgan fingerprint density at radius 3 is 2.69 bits per heavy atom. The van der Waals surface area contributed by atoms with Crippen LogP contribution in [-0.2, 0) is 10.0 Å². The summed E-state index contributed by atoms with van der Waals surface area (Å²) in [6, 6.07) is 5.81. The van der Waals surface area contributed by atoms with E-state index in [1.807, 2.05) is 6.92 Å². The number of halogens is 1. The van der Waals surface area contributed by atoms with Crippen LogP contribution in [0.5, 0.6) is 5.88 Å². The number of ether oxygens (including phenoxy) is 1. The van der Waals surface area contributed by atoms with Gasteiger partial charge in [-0.3, -0.25) is 4.79 Å². The van der Waals surface area contributed by atoms with E-state index in [4.69, 9.17) is 4.74 Å². The van der Waals surface area contributed by atoms with Crippen molar-refractivity contribution in [2.75, 3.05) is 26.7 Å². The van der Waals surface area contributed by atoms with E-state index in [1.54, 1.807) is 13.0 Å². The number of carbonyl (C=O) groups excluding carboxylic acids is 1. The zero-order valence-corrected chi connectivity index (χ0v) is 23.1. The average Bonchev–Trinajstić information content (AvgIpc) is 3.35. The highest BCUT2D eigenvalue weighted by Gasteiger charge is 2.36. The van der Waals surface area contributed by atoms with Crippen molar-refractivity contribution in [3.05, 3.63) is 53.5 Å². The molecule has 2 aromatic rings. The normalized spacial score (nSPS) is 21.8. The fourth-order valence-corrected chi connectivity index (χ4v) is 6.04. The molecule has 4 rings (SSSR count). The molecule has 39 heavy (non-hydrogen) atoms. The SMILES string of the molecule is C[C@H](CO)N1C[C@H](C)[C@H](CN(C)S(=O)(=O)c2cccc(F)c2)Oc2ncc(C#CC3(O)CCCC3)cc2C1=O. The fraction of sp³-hybridized carbons (Fsp3) is 0.500. The summed E-state index contributed by atoms with van der Waals surface area (Å²) in [5, 5.41) is 20.4. The summed E-state index contributed by atoms with van der Waals surface area (Å²) < 4.78 is 47.3. The van der Waals surface area contributed by atoms with Crippen molar-refractivity contribution < 1.29 is 32.6 Å². The summed E-state index contributed by atoms with van der Waals surface area (Å²) in [6.45, 7) is 3.37. The molecule has 2 heterocycles. The summed E-state index contributed by atoms with van der Waals surface area (Å²) in [6.07, 6.45) is 3.71. The van der Waals surface area contributed by atoms with Gasteiger partial charge in [0.05, 0.1) is 24.1 Å². The number of aromatic nitrogens is 1. The van der Waals surface area contributed by atoms with Crippen molar-refractivity contribution in [2.45, 2.75) is 62.2 Å². The van der Waals surface area contributed by atoms with E-state index in [9.17, 15) is 27.8 Å². The van der Waals surface area contributed by atoms with Crippen LogP contribution in [0.2, 0.25) is 0 Å². The van der Waals surface area contributed by atoms with Crippen LogP contribution in [0.15, 0.2) is 41.4 Å². The predicted molar refractivity (Wildman–Crippen MR) is 142 cm³/mol. The molecule has 1 aliphatic heterocycles. The van der Waals surface area contributed by atoms with E-state index >= 15 is 0 Å². The summed E-state index contributed by atoms with van der Waals surface area (Å²) in [4.78, 5) is 19.3. The molecule has 0 spiro atoms. The second kappa shape index (κ2) is 11.6. The van der Waals surface area contributed by atoms with E-state index < -0.39 is 39.5 Å². The number of hydrogen-bond acceptors (Lipinski definition) is 7. The highest BCUT2D eigenvalue weighted by atomic mass is 32.2. The second-order valence-corrected chi connectivity index (χ2v) is 12.5. The summed E-state index contributed by atoms with van der Waals surface area (Å²) in [5.74, 6) is 4.45. The molecule has 0 saturated heterocycles. The molecule has 210 valence electrons. The molecular formula is C28H34FN3O6S. The van der Waals surface area contributed by atoms with E-state index in [-0.39, 0.29) is 42.0 Å². The number of hydrogen-bond donors (Lipinski definition) is 2. The Morgan fingerprint density at radius 2 is 2.03 bits per heavy atom. The van der Waals surface area contributed by atoms with Crippen molar-refractivity contribution in [2.24, 2.45) is 5.92 Å². The minimum atomic E-state index is -4.03. The average molecular weight is 560 g/mol. The molecule has 9 nitrogen and oxygen atoms in total. The van der Waals surface area contributed by atoms with Gasteiger partial charge in [-0.2, -0.15) is 4.31 Å². The first-order chi connectivity index (χ1) is 18.4. The molecule has 1 aromatic carbocycles. The van der Waals surface area contributed by atoms with Gasteiger partial charge in [0.2, 0.25) is 15.9 Å². The van der Waals surface area contributed by atoms with Crippen molar-refractivity contribution in [3.63, 3.8) is 0 Å². The Hall–Kier alpha value is -3.04. The van der Waals surface area contributed by atoms with Gasteiger partial charge in [0, 0.05) is 31.3 Å². The van der Waals surface area contributed by atoms with Crippen molar-refractivity contribution >= 4 is 15.9 Å². The van der Waals surface area contributed by atoms with Gasteiger partial charge in [-0.25, -0.2) is 17.8 Å². The first-order valence-electron chi connectivity index (χ1n) is 13.0. The topological polar surface area (TPSA) is 120 Å². The maximum absolute atomic E-state index is 13.7. The van der Waals surface area contributed by atoms with Gasteiger partial charge in [0.15, 0.2) is 0 Å². The lowest BCUT2D eigenvalue weighted by atomic mass is 10.00. The Kier molecular flexibility index (Phi) is 8.61. The van der Waals surface area contributed by atoms with Crippen LogP contribution in [0, 0.1) is 23.6 Å². The van der Waals surface area contributed by atoms with E-state index in [0.29, 0.717) is 18.4 Å². The summed E-state index contributed by atoms with van der Waals surface area (Å²) >= 11 is 0. The monoisotopic (exact) mass is 559 g/mol. The van der Waals surface area contributed by atoms with Gasteiger partial charge in [0.1, 0.15) is 23.1 Å². The Labute approximate surface area is 228 Å². The lowest BCUT2D eigenvalue weighted by molar-refractivity contribution is 0.0373. The third-order valence-electron chi connectivity index (χ3n) is 7.33. The number of pyridine rings is 1. The lowest BCUT2D eigenvalue weighted by Crippen LogP contribution is -2.50. The number of sulfonamides is 1. The van der Waals surface area contributed by atoms with Gasteiger partial charge >= 0.3 is 0 Å². The van der Waals surface area contributed by atoms with Gasteiger partial charge in [-0.15, -0.1) is 0 Å². The number of fused-ring (bicyclic) bond motifs is 1. The minimum absolute atomic E-state index is 0.0216. The molecule has 3 atom stereocenters. The quantitative estimate of drug-likeness (QED) is 0.522. The van der Waals surface area contributed by atoms with Crippen LogP contribution in [0.25, 0.3) is 0 Å². The maximum Gasteiger partial charge on any atom is 0.259 e. The number of rotatable bonds is 6. The summed E-state index contributed by atoms with van der Waals surface area (Å²) in [5.41, 5.74) is -0.493. The molecule has 0 radical (unpaired) electrons. The Bertz CT molecular complexity index is 1380. The second-order valence-electron chi connectivity index (χ2n) is 10.4. The number of carbonyl (C=O) groups is 1. The van der Waals surface area contributed by atoms with Crippen molar-refractivity contribution in [1.29, 1.82) is 0 Å². The van der Waals surface area contributed by atoms with E-state index in [2.05, 4.69) is 16.8 Å². The van der Waals surface area contributed by atoms with E-state index in [0.717, 1.165) is 23.2 Å². The fourth-order valence-electron chi connectivity index (χ4n) is 4.82. The molecule has 1 amide bonds. The van der Waals surface area contributed by atoms with Crippen LogP contribution in [0.3, 0.4) is 0 Å². The molecule has 1 saturated carbocycles. The molecule has 0 bridgehead atoms. The van der Waals surface area contributed by atoms with Crippen molar-refractivity contribution in [1.82, 2.24) is 14.2 Å². The molecule has 11 heteroatoms. The van der Waals surface area contributed by atoms with Gasteiger partial charge in [-0.05, 0) is 56.9 Å². The van der Waals surface area contributed by atoms with Gasteiger partial charge < -0.3 is 19.8 Å². The predicted octanol–water partition coefficient (Wildman–Crippen LogP) is 2.42. The van der Waals surface area contributed by atoms with Crippen LogP contribution >= 0.6 is 0 Å². The number of amides is 1. The van der Waals surface area contributed by atoms with E-state index in [1.165, 1.54) is 36.3 Å². The molecule has 2 N–H and O–H groups in total. The van der Waals surface area contributed by atoms with Crippen molar-refractivity contribution in [3.8, 4) is 17.7 Å². The molecule has 1 aromatic heterocycles. The summed E-state index contributed by atoms with van der Waals surface area (Å²) in [7, 11) is -2.64. The minimum Gasteiger partial charge on any atom is -0.472 e. The maximum atomic E-state index is 13.7. The van der Waals surface area contributed by atoms with Crippen LogP contribution in [0.4, 0.5) is 4.39 Å². The van der Waals surface area contributed by atoms with Crippen LogP contribution in [0.1, 0.15) is 55.5 Å². The molecule has 1 fully saturated rings. The largest absolute Gasteiger partial charge is 0.472 e.